The molecule has 5 nitrogen and oxygen atoms in total. The highest BCUT2D eigenvalue weighted by Crippen LogP contribution is 2.42. The van der Waals surface area contributed by atoms with Crippen LogP contribution < -0.4 is 0 Å². The molecule has 2 aliphatic rings. The van der Waals surface area contributed by atoms with Gasteiger partial charge in [-0.25, -0.2) is 0 Å². The van der Waals surface area contributed by atoms with Crippen molar-refractivity contribution in [2.24, 2.45) is 5.92 Å². The van der Waals surface area contributed by atoms with Gasteiger partial charge in [-0.3, -0.25) is 0 Å². The molecular weight excluding hydrogens is 336 g/mol. The van der Waals surface area contributed by atoms with Crippen molar-refractivity contribution in [2.45, 2.75) is 89.9 Å². The number of ether oxygens (including phenoxy) is 3. The van der Waals surface area contributed by atoms with Gasteiger partial charge in [-0.1, -0.05) is 33.8 Å². The molecule has 25 heavy (non-hydrogen) atoms. The Balaban J connectivity index is 2.13. The lowest BCUT2D eigenvalue weighted by Crippen LogP contribution is -2.56. The zero-order valence-electron chi connectivity index (χ0n) is 16.9. The third-order valence-electron chi connectivity index (χ3n) is 5.45. The zero-order chi connectivity index (χ0) is 19.1. The van der Waals surface area contributed by atoms with E-state index in [4.69, 9.17) is 18.6 Å². The largest absolute Gasteiger partial charge is 0.408 e. The van der Waals surface area contributed by atoms with E-state index in [9.17, 15) is 4.79 Å². The molecule has 2 aliphatic heterocycles. The minimum absolute atomic E-state index is 0.0666. The summed E-state index contributed by atoms with van der Waals surface area (Å²) in [6.45, 7) is 17.2. The fourth-order valence-electron chi connectivity index (χ4n) is 2.95. The molecule has 144 valence electrons. The summed E-state index contributed by atoms with van der Waals surface area (Å²) in [6, 6.07) is 0. The maximum atomic E-state index is 11.2. The summed E-state index contributed by atoms with van der Waals surface area (Å²) in [5.74, 6) is -1.87. The first-order valence-electron chi connectivity index (χ1n) is 9.14. The van der Waals surface area contributed by atoms with Gasteiger partial charge in [0.1, 0.15) is 6.29 Å². The lowest BCUT2D eigenvalue weighted by molar-refractivity contribution is -0.390. The Hall–Kier alpha value is -0.533. The number of carbonyl (C=O) groups is 1. The van der Waals surface area contributed by atoms with E-state index in [1.165, 1.54) is 0 Å². The SMILES string of the molecule is C[C@@H](C=O)[C@@H]1C[C@]2(C=C[C@@H](O[Si](C)(C)C(C)(C)C)CO2)OC(C)(C)O1. The first-order valence-corrected chi connectivity index (χ1v) is 12.0. The minimum Gasteiger partial charge on any atom is -0.408 e. The molecule has 2 heterocycles. The van der Waals surface area contributed by atoms with Crippen molar-refractivity contribution in [1.29, 1.82) is 0 Å². The van der Waals surface area contributed by atoms with Crippen LogP contribution in [0.15, 0.2) is 12.2 Å². The predicted octanol–water partition coefficient (Wildman–Crippen LogP) is 4.04. The monoisotopic (exact) mass is 370 g/mol. The van der Waals surface area contributed by atoms with Crippen molar-refractivity contribution < 1.29 is 23.4 Å². The van der Waals surface area contributed by atoms with Crippen molar-refractivity contribution in [2.75, 3.05) is 6.61 Å². The van der Waals surface area contributed by atoms with E-state index in [2.05, 4.69) is 33.9 Å². The van der Waals surface area contributed by atoms with Crippen LogP contribution in [0.5, 0.6) is 0 Å². The lowest BCUT2D eigenvalue weighted by Gasteiger charge is -2.49. The van der Waals surface area contributed by atoms with Gasteiger partial charge in [0.25, 0.3) is 0 Å². The van der Waals surface area contributed by atoms with Crippen LogP contribution in [0.4, 0.5) is 0 Å². The van der Waals surface area contributed by atoms with Crippen molar-refractivity contribution in [1.82, 2.24) is 0 Å². The molecule has 0 aromatic carbocycles. The molecule has 0 N–H and O–H groups in total. The van der Waals surface area contributed by atoms with Crippen LogP contribution >= 0.6 is 0 Å². The Kier molecular flexibility index (Phi) is 5.72. The molecule has 6 heteroatoms. The number of hydrogen-bond donors (Lipinski definition) is 0. The van der Waals surface area contributed by atoms with E-state index in [-0.39, 0.29) is 23.2 Å². The second-order valence-electron chi connectivity index (χ2n) is 9.26. The van der Waals surface area contributed by atoms with E-state index >= 15 is 0 Å². The summed E-state index contributed by atoms with van der Waals surface area (Å²) in [4.78, 5) is 11.2. The summed E-state index contributed by atoms with van der Waals surface area (Å²) in [6.07, 6.45) is 5.12. The Morgan fingerprint density at radius 1 is 1.32 bits per heavy atom. The van der Waals surface area contributed by atoms with Gasteiger partial charge in [-0.05, 0) is 38.1 Å². The Morgan fingerprint density at radius 3 is 2.44 bits per heavy atom. The van der Waals surface area contributed by atoms with Gasteiger partial charge in [-0.15, -0.1) is 0 Å². The van der Waals surface area contributed by atoms with Gasteiger partial charge in [0.05, 0.1) is 18.8 Å². The van der Waals surface area contributed by atoms with Crippen LogP contribution in [0.25, 0.3) is 0 Å². The summed E-state index contributed by atoms with van der Waals surface area (Å²) < 4.78 is 24.5. The molecule has 1 saturated heterocycles. The molecule has 0 radical (unpaired) electrons. The predicted molar refractivity (Wildman–Crippen MR) is 99.8 cm³/mol. The second kappa shape index (κ2) is 6.89. The first-order chi connectivity index (χ1) is 11.3. The van der Waals surface area contributed by atoms with Crippen LogP contribution in [0.2, 0.25) is 18.1 Å². The quantitative estimate of drug-likeness (QED) is 0.425. The van der Waals surface area contributed by atoms with Crippen molar-refractivity contribution in [3.05, 3.63) is 12.2 Å². The van der Waals surface area contributed by atoms with Crippen molar-refractivity contribution in [3.8, 4) is 0 Å². The molecule has 0 amide bonds. The third-order valence-corrected chi connectivity index (χ3v) is 9.95. The molecule has 0 aromatic heterocycles. The standard InChI is InChI=1S/C19H34O5Si/c1-14(12-20)16-11-19(24-18(5,6)22-16)10-9-15(13-21-19)23-25(7,8)17(2,3)4/h9-10,12,14-16H,11,13H2,1-8H3/t14-,15+,16-,19-/m0/s1. The molecule has 1 fully saturated rings. The van der Waals surface area contributed by atoms with E-state index < -0.39 is 19.9 Å². The summed E-state index contributed by atoms with van der Waals surface area (Å²) in [7, 11) is -1.86. The first kappa shape index (κ1) is 20.8. The lowest BCUT2D eigenvalue weighted by atomic mass is 9.94. The summed E-state index contributed by atoms with van der Waals surface area (Å²) >= 11 is 0. The van der Waals surface area contributed by atoms with Crippen LogP contribution in [-0.4, -0.2) is 45.0 Å². The average Bonchev–Trinajstić information content (AvgIpc) is 2.46. The third kappa shape index (κ3) is 4.80. The normalized spacial score (nSPS) is 34.1. The fourth-order valence-corrected chi connectivity index (χ4v) is 4.21. The Labute approximate surface area is 153 Å². The van der Waals surface area contributed by atoms with Crippen LogP contribution in [0.3, 0.4) is 0 Å². The van der Waals surface area contributed by atoms with Crippen molar-refractivity contribution >= 4 is 14.6 Å². The molecule has 1 spiro atoms. The molecule has 0 unspecified atom stereocenters. The maximum absolute atomic E-state index is 11.2. The van der Waals surface area contributed by atoms with E-state index in [1.807, 2.05) is 32.9 Å². The number of aldehydes is 1. The van der Waals surface area contributed by atoms with Crippen LogP contribution in [0.1, 0.15) is 48.0 Å². The highest BCUT2D eigenvalue weighted by Gasteiger charge is 2.49. The van der Waals surface area contributed by atoms with Gasteiger partial charge < -0.3 is 23.4 Å². The van der Waals surface area contributed by atoms with E-state index in [1.54, 1.807) is 0 Å². The topological polar surface area (TPSA) is 54.0 Å². The molecule has 4 atom stereocenters. The summed E-state index contributed by atoms with van der Waals surface area (Å²) in [5.41, 5.74) is 0. The molecular formula is C19H34O5Si. The Bertz CT molecular complexity index is 522. The fraction of sp³-hybridized carbons (Fsp3) is 0.842. The van der Waals surface area contributed by atoms with Crippen LogP contribution in [-0.2, 0) is 23.4 Å². The molecule has 0 aliphatic carbocycles. The van der Waals surface area contributed by atoms with E-state index in [0.29, 0.717) is 13.0 Å². The van der Waals surface area contributed by atoms with Gasteiger partial charge in [0.2, 0.25) is 0 Å². The molecule has 0 aromatic rings. The van der Waals surface area contributed by atoms with Crippen LogP contribution in [0, 0.1) is 5.92 Å². The number of carbonyl (C=O) groups excluding carboxylic acids is 1. The Morgan fingerprint density at radius 2 is 1.96 bits per heavy atom. The number of hydrogen-bond acceptors (Lipinski definition) is 5. The highest BCUT2D eigenvalue weighted by atomic mass is 28.4. The van der Waals surface area contributed by atoms with Gasteiger partial charge in [-0.2, -0.15) is 0 Å². The molecule has 0 bridgehead atoms. The molecule has 0 saturated carbocycles. The van der Waals surface area contributed by atoms with E-state index in [0.717, 1.165) is 6.29 Å². The van der Waals surface area contributed by atoms with Gasteiger partial charge in [0.15, 0.2) is 19.9 Å². The second-order valence-corrected chi connectivity index (χ2v) is 14.0. The van der Waals surface area contributed by atoms with Crippen molar-refractivity contribution in [3.63, 3.8) is 0 Å². The minimum atomic E-state index is -1.86. The smallest absolute Gasteiger partial charge is 0.193 e. The molecule has 2 rings (SSSR count). The average molecular weight is 371 g/mol. The van der Waals surface area contributed by atoms with Gasteiger partial charge >= 0.3 is 0 Å². The summed E-state index contributed by atoms with van der Waals surface area (Å²) in [5, 5.41) is 0.150. The van der Waals surface area contributed by atoms with Gasteiger partial charge in [0, 0.05) is 12.3 Å². The highest BCUT2D eigenvalue weighted by molar-refractivity contribution is 6.74. The number of rotatable bonds is 4. The zero-order valence-corrected chi connectivity index (χ0v) is 17.9. The maximum Gasteiger partial charge on any atom is 0.193 e.